The van der Waals surface area contributed by atoms with Crippen LogP contribution in [0.5, 0.6) is 11.5 Å². The predicted molar refractivity (Wildman–Crippen MR) is 112 cm³/mol. The highest BCUT2D eigenvalue weighted by molar-refractivity contribution is 6.05. The quantitative estimate of drug-likeness (QED) is 0.607. The molecular weight excluding hydrogens is 350 g/mol. The maximum Gasteiger partial charge on any atom is 0.255 e. The maximum absolute atomic E-state index is 12.8. The van der Waals surface area contributed by atoms with Crippen molar-refractivity contribution in [3.8, 4) is 11.5 Å². The SMILES string of the molecule is COc1cc(C(=O)Nc2ccccc2Cc2ccccc2)ccc1OC(C)C. The van der Waals surface area contributed by atoms with Gasteiger partial charge in [0.2, 0.25) is 0 Å². The molecule has 0 unspecified atom stereocenters. The first-order chi connectivity index (χ1) is 13.6. The number of ether oxygens (including phenoxy) is 2. The number of hydrogen-bond donors (Lipinski definition) is 1. The molecule has 28 heavy (non-hydrogen) atoms. The van der Waals surface area contributed by atoms with Gasteiger partial charge in [0.15, 0.2) is 11.5 Å². The van der Waals surface area contributed by atoms with Crippen molar-refractivity contribution in [2.75, 3.05) is 12.4 Å². The van der Waals surface area contributed by atoms with E-state index in [0.29, 0.717) is 17.1 Å². The summed E-state index contributed by atoms with van der Waals surface area (Å²) in [5.74, 6) is 0.979. The van der Waals surface area contributed by atoms with E-state index >= 15 is 0 Å². The fourth-order valence-corrected chi connectivity index (χ4v) is 2.97. The molecule has 1 amide bonds. The van der Waals surface area contributed by atoms with Crippen LogP contribution in [0.1, 0.15) is 35.3 Å². The molecule has 0 aliphatic carbocycles. The van der Waals surface area contributed by atoms with Crippen LogP contribution in [-0.4, -0.2) is 19.1 Å². The van der Waals surface area contributed by atoms with E-state index in [9.17, 15) is 4.79 Å². The number of anilines is 1. The molecule has 0 saturated heterocycles. The molecular formula is C24H25NO3. The van der Waals surface area contributed by atoms with Gasteiger partial charge >= 0.3 is 0 Å². The van der Waals surface area contributed by atoms with Gasteiger partial charge in [-0.3, -0.25) is 4.79 Å². The van der Waals surface area contributed by atoms with Gasteiger partial charge in [0.1, 0.15) is 0 Å². The Morgan fingerprint density at radius 1 is 0.929 bits per heavy atom. The van der Waals surface area contributed by atoms with Crippen molar-refractivity contribution >= 4 is 11.6 Å². The van der Waals surface area contributed by atoms with E-state index in [1.54, 1.807) is 25.3 Å². The summed E-state index contributed by atoms with van der Waals surface area (Å²) in [5, 5.41) is 3.02. The minimum Gasteiger partial charge on any atom is -0.493 e. The molecule has 0 atom stereocenters. The second-order valence-electron chi connectivity index (χ2n) is 6.81. The van der Waals surface area contributed by atoms with Gasteiger partial charge in [0, 0.05) is 11.3 Å². The number of para-hydroxylation sites is 1. The molecule has 0 aromatic heterocycles. The number of benzene rings is 3. The Kier molecular flexibility index (Phi) is 6.33. The highest BCUT2D eigenvalue weighted by Crippen LogP contribution is 2.29. The Hall–Kier alpha value is -3.27. The normalized spacial score (nSPS) is 10.6. The lowest BCUT2D eigenvalue weighted by Gasteiger charge is -2.15. The first-order valence-corrected chi connectivity index (χ1v) is 9.34. The van der Waals surface area contributed by atoms with Crippen molar-refractivity contribution in [2.45, 2.75) is 26.4 Å². The topological polar surface area (TPSA) is 47.6 Å². The number of hydrogen-bond acceptors (Lipinski definition) is 3. The molecule has 0 radical (unpaired) electrons. The largest absolute Gasteiger partial charge is 0.493 e. The predicted octanol–water partition coefficient (Wildman–Crippen LogP) is 5.33. The molecule has 0 aliphatic heterocycles. The maximum atomic E-state index is 12.8. The standard InChI is InChI=1S/C24H25NO3/c1-17(2)28-22-14-13-20(16-23(22)27-3)24(26)25-21-12-8-7-11-19(21)15-18-9-5-4-6-10-18/h4-14,16-17H,15H2,1-3H3,(H,25,26). The Morgan fingerprint density at radius 3 is 2.36 bits per heavy atom. The number of carbonyl (C=O) groups is 1. The molecule has 0 spiro atoms. The lowest BCUT2D eigenvalue weighted by molar-refractivity contribution is 0.102. The molecule has 144 valence electrons. The van der Waals surface area contributed by atoms with Gasteiger partial charge in [0.05, 0.1) is 13.2 Å². The van der Waals surface area contributed by atoms with Gasteiger partial charge in [-0.15, -0.1) is 0 Å². The summed E-state index contributed by atoms with van der Waals surface area (Å²) in [6.45, 7) is 3.90. The number of amides is 1. The summed E-state index contributed by atoms with van der Waals surface area (Å²) in [7, 11) is 1.57. The molecule has 0 heterocycles. The third-order valence-electron chi connectivity index (χ3n) is 4.29. The zero-order valence-corrected chi connectivity index (χ0v) is 16.4. The van der Waals surface area contributed by atoms with E-state index in [2.05, 4.69) is 17.4 Å². The zero-order chi connectivity index (χ0) is 19.9. The Balaban J connectivity index is 1.80. The van der Waals surface area contributed by atoms with E-state index < -0.39 is 0 Å². The molecule has 0 fully saturated rings. The van der Waals surface area contributed by atoms with E-state index in [1.807, 2.05) is 56.3 Å². The van der Waals surface area contributed by atoms with Crippen molar-refractivity contribution in [3.63, 3.8) is 0 Å². The second-order valence-corrected chi connectivity index (χ2v) is 6.81. The summed E-state index contributed by atoms with van der Waals surface area (Å²) in [6.07, 6.45) is 0.778. The molecule has 1 N–H and O–H groups in total. The second kappa shape index (κ2) is 9.09. The lowest BCUT2D eigenvalue weighted by Crippen LogP contribution is -2.14. The first kappa shape index (κ1) is 19.5. The molecule has 0 aliphatic rings. The van der Waals surface area contributed by atoms with Gasteiger partial charge in [-0.2, -0.15) is 0 Å². The molecule has 3 rings (SSSR count). The van der Waals surface area contributed by atoms with Crippen LogP contribution in [-0.2, 0) is 6.42 Å². The van der Waals surface area contributed by atoms with Crippen LogP contribution in [0.2, 0.25) is 0 Å². The van der Waals surface area contributed by atoms with Gasteiger partial charge in [-0.1, -0.05) is 48.5 Å². The first-order valence-electron chi connectivity index (χ1n) is 9.34. The third-order valence-corrected chi connectivity index (χ3v) is 4.29. The highest BCUT2D eigenvalue weighted by atomic mass is 16.5. The van der Waals surface area contributed by atoms with Crippen LogP contribution < -0.4 is 14.8 Å². The number of rotatable bonds is 7. The Morgan fingerprint density at radius 2 is 1.64 bits per heavy atom. The van der Waals surface area contributed by atoms with E-state index in [4.69, 9.17) is 9.47 Å². The molecule has 4 heteroatoms. The van der Waals surface area contributed by atoms with Crippen LogP contribution in [0.3, 0.4) is 0 Å². The summed E-state index contributed by atoms with van der Waals surface area (Å²) >= 11 is 0. The van der Waals surface area contributed by atoms with Gasteiger partial charge in [-0.05, 0) is 55.7 Å². The summed E-state index contributed by atoms with van der Waals surface area (Å²) in [5.41, 5.74) is 3.58. The fourth-order valence-electron chi connectivity index (χ4n) is 2.97. The summed E-state index contributed by atoms with van der Waals surface area (Å²) in [4.78, 5) is 12.8. The molecule has 0 saturated carbocycles. The summed E-state index contributed by atoms with van der Waals surface area (Å²) in [6, 6.07) is 23.3. The minimum atomic E-state index is -0.185. The number of methoxy groups -OCH3 is 1. The van der Waals surface area contributed by atoms with Crippen LogP contribution in [0.4, 0.5) is 5.69 Å². The Bertz CT molecular complexity index is 936. The van der Waals surface area contributed by atoms with Gasteiger partial charge < -0.3 is 14.8 Å². The van der Waals surface area contributed by atoms with Crippen molar-refractivity contribution in [2.24, 2.45) is 0 Å². The Labute approximate surface area is 166 Å². The summed E-state index contributed by atoms with van der Waals surface area (Å²) < 4.78 is 11.1. The smallest absolute Gasteiger partial charge is 0.255 e. The number of nitrogens with one attached hydrogen (secondary N) is 1. The van der Waals surface area contributed by atoms with Crippen molar-refractivity contribution in [1.82, 2.24) is 0 Å². The highest BCUT2D eigenvalue weighted by Gasteiger charge is 2.14. The van der Waals surface area contributed by atoms with Crippen LogP contribution in [0, 0.1) is 0 Å². The van der Waals surface area contributed by atoms with Crippen LogP contribution in [0.25, 0.3) is 0 Å². The zero-order valence-electron chi connectivity index (χ0n) is 16.4. The molecule has 4 nitrogen and oxygen atoms in total. The van der Waals surface area contributed by atoms with Crippen molar-refractivity contribution in [1.29, 1.82) is 0 Å². The number of carbonyl (C=O) groups excluding carboxylic acids is 1. The van der Waals surface area contributed by atoms with E-state index in [-0.39, 0.29) is 12.0 Å². The van der Waals surface area contributed by atoms with Gasteiger partial charge in [0.25, 0.3) is 5.91 Å². The molecule has 0 bridgehead atoms. The fraction of sp³-hybridized carbons (Fsp3) is 0.208. The third kappa shape index (κ3) is 4.92. The van der Waals surface area contributed by atoms with Crippen LogP contribution >= 0.6 is 0 Å². The average molecular weight is 375 g/mol. The molecule has 3 aromatic carbocycles. The van der Waals surface area contributed by atoms with E-state index in [1.165, 1.54) is 5.56 Å². The van der Waals surface area contributed by atoms with Crippen molar-refractivity contribution < 1.29 is 14.3 Å². The average Bonchev–Trinajstić information content (AvgIpc) is 2.70. The van der Waals surface area contributed by atoms with Crippen molar-refractivity contribution in [3.05, 3.63) is 89.5 Å². The van der Waals surface area contributed by atoms with Gasteiger partial charge in [-0.25, -0.2) is 0 Å². The molecule has 3 aromatic rings. The minimum absolute atomic E-state index is 0.0263. The van der Waals surface area contributed by atoms with Crippen LogP contribution in [0.15, 0.2) is 72.8 Å². The lowest BCUT2D eigenvalue weighted by atomic mass is 10.0. The van der Waals surface area contributed by atoms with E-state index in [0.717, 1.165) is 17.7 Å². The monoisotopic (exact) mass is 375 g/mol.